The number of thiazole rings is 1. The average molecular weight is 330 g/mol. The van der Waals surface area contributed by atoms with Crippen molar-refractivity contribution in [3.63, 3.8) is 0 Å². The van der Waals surface area contributed by atoms with Gasteiger partial charge >= 0.3 is 0 Å². The Kier molecular flexibility index (Phi) is 3.61. The highest BCUT2D eigenvalue weighted by molar-refractivity contribution is 7.13. The summed E-state index contributed by atoms with van der Waals surface area (Å²) in [5.74, 6) is 0.689. The number of H-pyrrole nitrogens is 1. The second-order valence-corrected chi connectivity index (χ2v) is 7.16. The van der Waals surface area contributed by atoms with E-state index in [1.807, 2.05) is 29.2 Å². The molecular weight excluding hydrogens is 316 g/mol. The predicted octanol–water partition coefficient (Wildman–Crippen LogP) is 2.51. The molecule has 0 unspecified atom stereocenters. The summed E-state index contributed by atoms with van der Waals surface area (Å²) >= 11 is 3.24. The molecule has 0 amide bonds. The maximum atomic E-state index is 12.4. The lowest BCUT2D eigenvalue weighted by atomic mass is 10.1. The summed E-state index contributed by atoms with van der Waals surface area (Å²) in [6, 6.07) is 3.95. The Bertz CT molecular complexity index is 824. The van der Waals surface area contributed by atoms with Gasteiger partial charge in [0.05, 0.1) is 21.6 Å². The quantitative estimate of drug-likeness (QED) is 0.801. The molecule has 4 rings (SSSR count). The van der Waals surface area contributed by atoms with Crippen LogP contribution in [0.3, 0.4) is 0 Å². The summed E-state index contributed by atoms with van der Waals surface area (Å²) in [4.78, 5) is 28.6. The lowest BCUT2D eigenvalue weighted by Gasteiger charge is -2.27. The van der Waals surface area contributed by atoms with E-state index in [4.69, 9.17) is 0 Å². The van der Waals surface area contributed by atoms with Crippen LogP contribution in [-0.2, 0) is 19.5 Å². The van der Waals surface area contributed by atoms with Crippen molar-refractivity contribution in [1.82, 2.24) is 19.9 Å². The minimum absolute atomic E-state index is 0.0117. The lowest BCUT2D eigenvalue weighted by molar-refractivity contribution is 0.244. The number of hydrogen-bond acceptors (Lipinski definition) is 6. The molecule has 0 saturated heterocycles. The molecule has 1 aliphatic heterocycles. The highest BCUT2D eigenvalue weighted by Crippen LogP contribution is 2.23. The molecule has 0 radical (unpaired) electrons. The second-order valence-electron chi connectivity index (χ2n) is 5.25. The summed E-state index contributed by atoms with van der Waals surface area (Å²) in [5.41, 5.74) is 3.57. The van der Waals surface area contributed by atoms with Crippen molar-refractivity contribution >= 4 is 22.7 Å². The van der Waals surface area contributed by atoms with Gasteiger partial charge in [-0.1, -0.05) is 6.07 Å². The molecule has 3 aromatic rings. The van der Waals surface area contributed by atoms with E-state index in [1.165, 1.54) is 4.88 Å². The number of rotatable bonds is 3. The molecule has 0 saturated carbocycles. The minimum atomic E-state index is -0.0117. The van der Waals surface area contributed by atoms with E-state index in [0.717, 1.165) is 35.6 Å². The Hall–Kier alpha value is -1.83. The maximum Gasteiger partial charge on any atom is 0.255 e. The number of hydrogen-bond donors (Lipinski definition) is 1. The number of fused-ring (bicyclic) bond motifs is 1. The van der Waals surface area contributed by atoms with Gasteiger partial charge in [0.2, 0.25) is 0 Å². The van der Waals surface area contributed by atoms with Gasteiger partial charge in [0.25, 0.3) is 5.56 Å². The van der Waals surface area contributed by atoms with Gasteiger partial charge in [-0.2, -0.15) is 0 Å². The molecule has 3 aromatic heterocycles. The normalized spacial score (nSPS) is 14.9. The Balaban J connectivity index is 1.61. The number of thiophene rings is 1. The SMILES string of the molecule is O=c1[nH]c(-c2cccs2)nc2c1CN(Cc1cncs1)CC2. The molecule has 0 spiro atoms. The zero-order valence-corrected chi connectivity index (χ0v) is 13.4. The first-order chi connectivity index (χ1) is 10.8. The van der Waals surface area contributed by atoms with Crippen LogP contribution in [-0.4, -0.2) is 26.4 Å². The first-order valence-corrected chi connectivity index (χ1v) is 8.81. The van der Waals surface area contributed by atoms with Crippen molar-refractivity contribution in [3.8, 4) is 10.7 Å². The lowest BCUT2D eigenvalue weighted by Crippen LogP contribution is -2.35. The minimum Gasteiger partial charge on any atom is -0.306 e. The Morgan fingerprint density at radius 3 is 3.09 bits per heavy atom. The highest BCUT2D eigenvalue weighted by atomic mass is 32.1. The molecule has 22 heavy (non-hydrogen) atoms. The van der Waals surface area contributed by atoms with E-state index >= 15 is 0 Å². The van der Waals surface area contributed by atoms with Gasteiger partial charge in [-0.3, -0.25) is 14.7 Å². The number of aromatic nitrogens is 3. The van der Waals surface area contributed by atoms with Crippen molar-refractivity contribution in [1.29, 1.82) is 0 Å². The Morgan fingerprint density at radius 2 is 2.32 bits per heavy atom. The van der Waals surface area contributed by atoms with E-state index in [0.29, 0.717) is 12.4 Å². The summed E-state index contributed by atoms with van der Waals surface area (Å²) in [7, 11) is 0. The third-order valence-electron chi connectivity index (χ3n) is 3.77. The summed E-state index contributed by atoms with van der Waals surface area (Å²) in [5, 5.41) is 1.99. The standard InChI is InChI=1S/C15H14N4OS2/c20-15-11-8-19(7-10-6-16-9-22-10)4-3-12(11)17-14(18-15)13-2-1-5-21-13/h1-2,5-6,9H,3-4,7-8H2,(H,17,18,20). The maximum absolute atomic E-state index is 12.4. The van der Waals surface area contributed by atoms with Crippen LogP contribution in [0.1, 0.15) is 16.1 Å². The van der Waals surface area contributed by atoms with Crippen LogP contribution >= 0.6 is 22.7 Å². The molecule has 0 fully saturated rings. The van der Waals surface area contributed by atoms with Crippen LogP contribution in [0.5, 0.6) is 0 Å². The van der Waals surface area contributed by atoms with Gasteiger partial charge in [0.15, 0.2) is 5.82 Å². The van der Waals surface area contributed by atoms with E-state index in [-0.39, 0.29) is 5.56 Å². The van der Waals surface area contributed by atoms with Crippen molar-refractivity contribution in [2.75, 3.05) is 6.54 Å². The predicted molar refractivity (Wildman–Crippen MR) is 88.1 cm³/mol. The topological polar surface area (TPSA) is 61.9 Å². The van der Waals surface area contributed by atoms with E-state index < -0.39 is 0 Å². The van der Waals surface area contributed by atoms with Gasteiger partial charge in [-0.25, -0.2) is 4.98 Å². The van der Waals surface area contributed by atoms with Gasteiger partial charge in [-0.05, 0) is 11.4 Å². The van der Waals surface area contributed by atoms with Gasteiger partial charge in [0, 0.05) is 37.1 Å². The molecule has 112 valence electrons. The number of aromatic amines is 1. The van der Waals surface area contributed by atoms with E-state index in [9.17, 15) is 4.79 Å². The molecule has 1 aliphatic rings. The summed E-state index contributed by atoms with van der Waals surface area (Å²) in [6.07, 6.45) is 2.71. The van der Waals surface area contributed by atoms with Crippen molar-refractivity contribution < 1.29 is 0 Å². The number of nitrogens with zero attached hydrogens (tertiary/aromatic N) is 3. The van der Waals surface area contributed by atoms with E-state index in [1.54, 1.807) is 22.7 Å². The molecule has 5 nitrogen and oxygen atoms in total. The molecule has 0 aliphatic carbocycles. The van der Waals surface area contributed by atoms with Crippen molar-refractivity contribution in [3.05, 3.63) is 55.7 Å². The summed E-state index contributed by atoms with van der Waals surface area (Å²) in [6.45, 7) is 2.42. The Labute approximate surface area is 135 Å². The fourth-order valence-corrected chi connectivity index (χ4v) is 3.99. The first-order valence-electron chi connectivity index (χ1n) is 7.05. The zero-order valence-electron chi connectivity index (χ0n) is 11.8. The second kappa shape index (κ2) is 5.75. The van der Waals surface area contributed by atoms with Crippen molar-refractivity contribution in [2.45, 2.75) is 19.5 Å². The molecule has 0 bridgehead atoms. The fourth-order valence-electron chi connectivity index (χ4n) is 2.69. The molecular formula is C15H14N4OS2. The van der Waals surface area contributed by atoms with Gasteiger partial charge in [0.1, 0.15) is 0 Å². The summed E-state index contributed by atoms with van der Waals surface area (Å²) < 4.78 is 0. The smallest absolute Gasteiger partial charge is 0.255 e. The van der Waals surface area contributed by atoms with Crippen LogP contribution in [0, 0.1) is 0 Å². The zero-order chi connectivity index (χ0) is 14.9. The molecule has 0 atom stereocenters. The van der Waals surface area contributed by atoms with Crippen LogP contribution < -0.4 is 5.56 Å². The monoisotopic (exact) mass is 330 g/mol. The fraction of sp³-hybridized carbons (Fsp3) is 0.267. The van der Waals surface area contributed by atoms with Crippen LogP contribution in [0.2, 0.25) is 0 Å². The molecule has 0 aromatic carbocycles. The van der Waals surface area contributed by atoms with Crippen LogP contribution in [0.25, 0.3) is 10.7 Å². The van der Waals surface area contributed by atoms with E-state index in [2.05, 4.69) is 19.9 Å². The highest BCUT2D eigenvalue weighted by Gasteiger charge is 2.22. The van der Waals surface area contributed by atoms with Crippen LogP contribution in [0.4, 0.5) is 0 Å². The third-order valence-corrected chi connectivity index (χ3v) is 5.41. The third kappa shape index (κ3) is 2.63. The molecule has 4 heterocycles. The first kappa shape index (κ1) is 13.8. The average Bonchev–Trinajstić information content (AvgIpc) is 3.20. The van der Waals surface area contributed by atoms with Gasteiger partial charge in [-0.15, -0.1) is 22.7 Å². The van der Waals surface area contributed by atoms with Crippen LogP contribution in [0.15, 0.2) is 34.0 Å². The van der Waals surface area contributed by atoms with Gasteiger partial charge < -0.3 is 4.98 Å². The molecule has 7 heteroatoms. The number of nitrogens with one attached hydrogen (secondary N) is 1. The largest absolute Gasteiger partial charge is 0.306 e. The molecule has 1 N–H and O–H groups in total. The van der Waals surface area contributed by atoms with Crippen molar-refractivity contribution in [2.24, 2.45) is 0 Å². The Morgan fingerprint density at radius 1 is 1.36 bits per heavy atom.